The standard InChI is InChI=1S/C21H22F3NOS/c1-2-3-6-15-9-11-16(12-10-15)19(26)25-13-14-27-20(25)17-7-4-5-8-18(17)21(22,23)24/h4-5,7-12,20H,2-3,6,13-14H2,1H3. The highest BCUT2D eigenvalue weighted by molar-refractivity contribution is 7.99. The summed E-state index contributed by atoms with van der Waals surface area (Å²) in [5, 5.41) is -0.616. The predicted octanol–water partition coefficient (Wildman–Crippen LogP) is 5.94. The number of rotatable bonds is 5. The second-order valence-corrected chi connectivity index (χ2v) is 7.80. The summed E-state index contributed by atoms with van der Waals surface area (Å²) in [4.78, 5) is 14.5. The molecule has 0 radical (unpaired) electrons. The Kier molecular flexibility index (Phi) is 6.15. The maximum atomic E-state index is 13.4. The summed E-state index contributed by atoms with van der Waals surface area (Å²) >= 11 is 1.38. The van der Waals surface area contributed by atoms with Crippen molar-refractivity contribution in [3.05, 3.63) is 70.8 Å². The van der Waals surface area contributed by atoms with Crippen LogP contribution in [0.25, 0.3) is 0 Å². The minimum Gasteiger partial charge on any atom is -0.322 e. The molecular formula is C21H22F3NOS. The third-order valence-electron chi connectivity index (χ3n) is 4.70. The van der Waals surface area contributed by atoms with E-state index >= 15 is 0 Å². The number of carbonyl (C=O) groups excluding carboxylic acids is 1. The van der Waals surface area contributed by atoms with Crippen molar-refractivity contribution >= 4 is 17.7 Å². The van der Waals surface area contributed by atoms with Gasteiger partial charge in [0.1, 0.15) is 5.37 Å². The number of carbonyl (C=O) groups is 1. The van der Waals surface area contributed by atoms with Crippen molar-refractivity contribution in [3.63, 3.8) is 0 Å². The minimum absolute atomic E-state index is 0.153. The van der Waals surface area contributed by atoms with E-state index in [0.29, 0.717) is 17.9 Å². The van der Waals surface area contributed by atoms with Crippen LogP contribution in [0.4, 0.5) is 13.2 Å². The smallest absolute Gasteiger partial charge is 0.322 e. The van der Waals surface area contributed by atoms with Crippen molar-refractivity contribution in [1.29, 1.82) is 0 Å². The summed E-state index contributed by atoms with van der Waals surface area (Å²) in [6.07, 6.45) is -1.28. The summed E-state index contributed by atoms with van der Waals surface area (Å²) in [6.45, 7) is 2.57. The zero-order chi connectivity index (χ0) is 19.4. The van der Waals surface area contributed by atoms with E-state index in [1.54, 1.807) is 23.1 Å². The molecule has 27 heavy (non-hydrogen) atoms. The quantitative estimate of drug-likeness (QED) is 0.627. The molecule has 0 spiro atoms. The number of benzene rings is 2. The van der Waals surface area contributed by atoms with Crippen LogP contribution in [0.15, 0.2) is 48.5 Å². The molecule has 1 amide bonds. The fraction of sp³-hybridized carbons (Fsp3) is 0.381. The molecule has 2 aromatic carbocycles. The highest BCUT2D eigenvalue weighted by atomic mass is 32.2. The van der Waals surface area contributed by atoms with E-state index in [1.165, 1.54) is 29.5 Å². The Labute approximate surface area is 161 Å². The van der Waals surface area contributed by atoms with Gasteiger partial charge in [0.2, 0.25) is 0 Å². The topological polar surface area (TPSA) is 20.3 Å². The summed E-state index contributed by atoms with van der Waals surface area (Å²) in [5.74, 6) is 0.404. The van der Waals surface area contributed by atoms with E-state index < -0.39 is 17.1 Å². The zero-order valence-electron chi connectivity index (χ0n) is 15.1. The molecule has 0 saturated carbocycles. The first-order chi connectivity index (χ1) is 12.9. The van der Waals surface area contributed by atoms with Crippen LogP contribution in [0, 0.1) is 0 Å². The van der Waals surface area contributed by atoms with Gasteiger partial charge in [0.25, 0.3) is 5.91 Å². The van der Waals surface area contributed by atoms with Gasteiger partial charge in [-0.1, -0.05) is 43.7 Å². The van der Waals surface area contributed by atoms with Crippen molar-refractivity contribution < 1.29 is 18.0 Å². The lowest BCUT2D eigenvalue weighted by atomic mass is 10.0. The number of halogens is 3. The van der Waals surface area contributed by atoms with E-state index in [4.69, 9.17) is 0 Å². The second kappa shape index (κ2) is 8.38. The van der Waals surface area contributed by atoms with Gasteiger partial charge >= 0.3 is 6.18 Å². The van der Waals surface area contributed by atoms with Crippen LogP contribution >= 0.6 is 11.8 Å². The molecule has 1 atom stereocenters. The fourth-order valence-electron chi connectivity index (χ4n) is 3.27. The van der Waals surface area contributed by atoms with E-state index in [9.17, 15) is 18.0 Å². The Morgan fingerprint density at radius 3 is 2.52 bits per heavy atom. The highest BCUT2D eigenvalue weighted by Crippen LogP contribution is 2.44. The maximum Gasteiger partial charge on any atom is 0.416 e. The molecule has 0 N–H and O–H groups in total. The number of aryl methyl sites for hydroxylation is 1. The second-order valence-electron chi connectivity index (χ2n) is 6.61. The van der Waals surface area contributed by atoms with Gasteiger partial charge in [-0.05, 0) is 42.2 Å². The van der Waals surface area contributed by atoms with Gasteiger partial charge in [-0.25, -0.2) is 0 Å². The van der Waals surface area contributed by atoms with Crippen LogP contribution in [0.2, 0.25) is 0 Å². The number of alkyl halides is 3. The largest absolute Gasteiger partial charge is 0.416 e. The average molecular weight is 393 g/mol. The molecule has 0 aliphatic carbocycles. The first kappa shape index (κ1) is 19.8. The van der Waals surface area contributed by atoms with Crippen LogP contribution in [0.3, 0.4) is 0 Å². The van der Waals surface area contributed by atoms with Gasteiger partial charge in [0, 0.05) is 17.9 Å². The van der Waals surface area contributed by atoms with E-state index in [2.05, 4.69) is 6.92 Å². The fourth-order valence-corrected chi connectivity index (χ4v) is 4.56. The van der Waals surface area contributed by atoms with E-state index in [1.807, 2.05) is 12.1 Å². The number of hydrogen-bond donors (Lipinski definition) is 0. The Hall–Kier alpha value is -1.95. The van der Waals surface area contributed by atoms with E-state index in [-0.39, 0.29) is 11.5 Å². The van der Waals surface area contributed by atoms with E-state index in [0.717, 1.165) is 25.3 Å². The van der Waals surface area contributed by atoms with Gasteiger partial charge in [-0.2, -0.15) is 13.2 Å². The minimum atomic E-state index is -4.44. The molecule has 1 fully saturated rings. The van der Waals surface area contributed by atoms with Crippen LogP contribution in [0.5, 0.6) is 0 Å². The number of hydrogen-bond acceptors (Lipinski definition) is 2. The summed E-state index contributed by atoms with van der Waals surface area (Å²) in [7, 11) is 0. The number of amides is 1. The molecule has 1 aliphatic heterocycles. The van der Waals surface area contributed by atoms with Crippen LogP contribution in [-0.2, 0) is 12.6 Å². The summed E-state index contributed by atoms with van der Waals surface area (Å²) in [6, 6.07) is 13.0. The highest BCUT2D eigenvalue weighted by Gasteiger charge is 2.39. The lowest BCUT2D eigenvalue weighted by Crippen LogP contribution is -2.31. The summed E-state index contributed by atoms with van der Waals surface area (Å²) in [5.41, 5.74) is 1.17. The van der Waals surface area contributed by atoms with Crippen molar-refractivity contribution in [3.8, 4) is 0 Å². The van der Waals surface area contributed by atoms with Gasteiger partial charge in [0.05, 0.1) is 5.56 Å². The lowest BCUT2D eigenvalue weighted by molar-refractivity contribution is -0.138. The third-order valence-corrected chi connectivity index (χ3v) is 5.95. The van der Waals surface area contributed by atoms with Crippen LogP contribution in [0.1, 0.15) is 52.2 Å². The third kappa shape index (κ3) is 4.49. The first-order valence-corrected chi connectivity index (χ1v) is 10.1. The maximum absolute atomic E-state index is 13.4. The Morgan fingerprint density at radius 1 is 1.15 bits per heavy atom. The predicted molar refractivity (Wildman–Crippen MR) is 103 cm³/mol. The van der Waals surface area contributed by atoms with Crippen molar-refractivity contribution in [2.24, 2.45) is 0 Å². The molecule has 144 valence electrons. The molecule has 1 aliphatic rings. The van der Waals surface area contributed by atoms with Gasteiger partial charge in [0.15, 0.2) is 0 Å². The molecule has 3 rings (SSSR count). The number of nitrogens with zero attached hydrogens (tertiary/aromatic N) is 1. The van der Waals surface area contributed by atoms with Crippen LogP contribution < -0.4 is 0 Å². The molecule has 2 nitrogen and oxygen atoms in total. The Bertz CT molecular complexity index is 789. The molecule has 0 aromatic heterocycles. The molecule has 1 heterocycles. The monoisotopic (exact) mass is 393 g/mol. The Balaban J connectivity index is 1.84. The van der Waals surface area contributed by atoms with Crippen molar-refractivity contribution in [1.82, 2.24) is 4.90 Å². The lowest BCUT2D eigenvalue weighted by Gasteiger charge is -2.26. The van der Waals surface area contributed by atoms with Crippen molar-refractivity contribution in [2.75, 3.05) is 12.3 Å². The SMILES string of the molecule is CCCCc1ccc(C(=O)N2CCSC2c2ccccc2C(F)(F)F)cc1. The zero-order valence-corrected chi connectivity index (χ0v) is 15.9. The Morgan fingerprint density at radius 2 is 1.85 bits per heavy atom. The van der Waals surface area contributed by atoms with Crippen molar-refractivity contribution in [2.45, 2.75) is 37.7 Å². The van der Waals surface area contributed by atoms with Gasteiger partial charge in [-0.15, -0.1) is 11.8 Å². The normalized spacial score (nSPS) is 17.3. The number of thioether (sulfide) groups is 1. The van der Waals surface area contributed by atoms with Crippen LogP contribution in [-0.4, -0.2) is 23.1 Å². The van der Waals surface area contributed by atoms with Gasteiger partial charge < -0.3 is 4.90 Å². The number of unbranched alkanes of at least 4 members (excludes halogenated alkanes) is 1. The molecule has 1 unspecified atom stereocenters. The molecule has 6 heteroatoms. The molecule has 0 bridgehead atoms. The molecule has 1 saturated heterocycles. The average Bonchev–Trinajstić information content (AvgIpc) is 3.15. The molecule has 2 aromatic rings. The van der Waals surface area contributed by atoms with Gasteiger partial charge in [-0.3, -0.25) is 4.79 Å². The first-order valence-electron chi connectivity index (χ1n) is 9.09. The molecular weight excluding hydrogens is 371 g/mol. The summed E-state index contributed by atoms with van der Waals surface area (Å²) < 4.78 is 40.2.